The average molecular weight is 449 g/mol. The summed E-state index contributed by atoms with van der Waals surface area (Å²) < 4.78 is 21.9. The summed E-state index contributed by atoms with van der Waals surface area (Å²) in [7, 11) is 0. The van der Waals surface area contributed by atoms with E-state index in [1.165, 1.54) is 12.1 Å². The van der Waals surface area contributed by atoms with E-state index in [1.54, 1.807) is 16.7 Å². The fourth-order valence-electron chi connectivity index (χ4n) is 5.11. The molecule has 6 rings (SSSR count). The first-order valence-corrected chi connectivity index (χ1v) is 11.4. The van der Waals surface area contributed by atoms with E-state index >= 15 is 0 Å². The summed E-state index contributed by atoms with van der Waals surface area (Å²) in [5.74, 6) is -0.920. The molecule has 1 aromatic heterocycles. The number of fused-ring (bicyclic) bond motifs is 1. The second kappa shape index (κ2) is 7.66. The number of carboxylic acids is 1. The lowest BCUT2D eigenvalue weighted by Crippen LogP contribution is -2.40. The SMILES string of the molecule is O=C(O)c1ccccc1C1CC1c1cc(F)cc2c(=O)n(C3CC3)c(N3CCOCC3)nc12. The molecule has 1 N–H and O–H groups in total. The molecule has 1 aliphatic heterocycles. The van der Waals surface area contributed by atoms with Crippen LogP contribution in [0.3, 0.4) is 0 Å². The number of halogens is 1. The number of aromatic carboxylic acids is 1. The fraction of sp³-hybridized carbons (Fsp3) is 0.400. The first-order chi connectivity index (χ1) is 16.0. The second-order valence-electron chi connectivity index (χ2n) is 9.15. The molecule has 170 valence electrons. The van der Waals surface area contributed by atoms with Crippen molar-refractivity contribution < 1.29 is 19.0 Å². The molecular weight excluding hydrogens is 425 g/mol. The number of ether oxygens (including phenoxy) is 1. The van der Waals surface area contributed by atoms with E-state index in [-0.39, 0.29) is 29.0 Å². The maximum absolute atomic E-state index is 14.7. The topological polar surface area (TPSA) is 84.7 Å². The monoisotopic (exact) mass is 449 g/mol. The number of carboxylic acid groups (broad SMARTS) is 1. The van der Waals surface area contributed by atoms with Crippen LogP contribution < -0.4 is 10.5 Å². The largest absolute Gasteiger partial charge is 0.478 e. The third kappa shape index (κ3) is 3.49. The Morgan fingerprint density at radius 2 is 1.82 bits per heavy atom. The molecule has 1 saturated heterocycles. The molecular formula is C25H24FN3O4. The lowest BCUT2D eigenvalue weighted by molar-refractivity contribution is 0.0695. The van der Waals surface area contributed by atoms with Gasteiger partial charge in [0.05, 0.1) is 29.7 Å². The zero-order chi connectivity index (χ0) is 22.7. The first-order valence-electron chi connectivity index (χ1n) is 11.4. The van der Waals surface area contributed by atoms with Gasteiger partial charge in [0.25, 0.3) is 5.56 Å². The number of rotatable bonds is 5. The zero-order valence-corrected chi connectivity index (χ0v) is 18.0. The summed E-state index contributed by atoms with van der Waals surface area (Å²) in [6.07, 6.45) is 2.54. The summed E-state index contributed by atoms with van der Waals surface area (Å²) in [6, 6.07) is 9.81. The summed E-state index contributed by atoms with van der Waals surface area (Å²) in [5.41, 5.74) is 2.02. The minimum absolute atomic E-state index is 0.0400. The highest BCUT2D eigenvalue weighted by molar-refractivity contribution is 5.90. The number of morpholine rings is 1. The molecule has 3 aromatic rings. The van der Waals surface area contributed by atoms with Crippen LogP contribution in [0.1, 0.15) is 58.6 Å². The number of anilines is 1. The van der Waals surface area contributed by atoms with Crippen molar-refractivity contribution in [3.8, 4) is 0 Å². The lowest BCUT2D eigenvalue weighted by atomic mass is 9.98. The minimum atomic E-state index is -0.972. The molecule has 8 heteroatoms. The van der Waals surface area contributed by atoms with Crippen LogP contribution >= 0.6 is 0 Å². The molecule has 2 heterocycles. The third-order valence-corrected chi connectivity index (χ3v) is 6.97. The van der Waals surface area contributed by atoms with E-state index in [2.05, 4.69) is 4.90 Å². The highest BCUT2D eigenvalue weighted by Crippen LogP contribution is 2.56. The number of nitrogens with zero attached hydrogens (tertiary/aromatic N) is 3. The van der Waals surface area contributed by atoms with E-state index in [4.69, 9.17) is 9.72 Å². The molecule has 0 radical (unpaired) electrons. The Morgan fingerprint density at radius 3 is 2.55 bits per heavy atom. The Labute approximate surface area is 189 Å². The van der Waals surface area contributed by atoms with Gasteiger partial charge in [0.2, 0.25) is 5.95 Å². The van der Waals surface area contributed by atoms with Crippen molar-refractivity contribution in [3.63, 3.8) is 0 Å². The molecule has 0 spiro atoms. The molecule has 0 amide bonds. The van der Waals surface area contributed by atoms with Gasteiger partial charge < -0.3 is 14.7 Å². The molecule has 2 aliphatic carbocycles. The third-order valence-electron chi connectivity index (χ3n) is 6.97. The van der Waals surface area contributed by atoms with Gasteiger partial charge >= 0.3 is 5.97 Å². The molecule has 0 bridgehead atoms. The van der Waals surface area contributed by atoms with Crippen molar-refractivity contribution in [3.05, 3.63) is 69.3 Å². The van der Waals surface area contributed by atoms with Crippen LogP contribution in [0.4, 0.5) is 10.3 Å². The average Bonchev–Trinajstić information content (AvgIpc) is 3.74. The van der Waals surface area contributed by atoms with E-state index in [9.17, 15) is 19.1 Å². The molecule has 7 nitrogen and oxygen atoms in total. The van der Waals surface area contributed by atoms with Crippen LogP contribution in [-0.2, 0) is 4.74 Å². The summed E-state index contributed by atoms with van der Waals surface area (Å²) in [5, 5.41) is 9.89. The molecule has 2 atom stereocenters. The Balaban J connectivity index is 1.49. The van der Waals surface area contributed by atoms with Crippen LogP contribution in [0.25, 0.3) is 10.9 Å². The Bertz CT molecular complexity index is 1330. The normalized spacial score (nSPS) is 22.5. The van der Waals surface area contributed by atoms with Crippen LogP contribution in [0.5, 0.6) is 0 Å². The van der Waals surface area contributed by atoms with E-state index in [1.807, 2.05) is 12.1 Å². The first kappa shape index (κ1) is 20.4. The van der Waals surface area contributed by atoms with Gasteiger partial charge in [-0.3, -0.25) is 9.36 Å². The number of benzene rings is 2. The van der Waals surface area contributed by atoms with Crippen molar-refractivity contribution in [1.82, 2.24) is 9.55 Å². The Kier molecular flexibility index (Phi) is 4.72. The quantitative estimate of drug-likeness (QED) is 0.640. The molecule has 2 saturated carbocycles. The predicted molar refractivity (Wildman–Crippen MR) is 121 cm³/mol. The van der Waals surface area contributed by atoms with Gasteiger partial charge in [-0.25, -0.2) is 14.2 Å². The summed E-state index contributed by atoms with van der Waals surface area (Å²) in [6.45, 7) is 2.45. The van der Waals surface area contributed by atoms with Crippen molar-refractivity contribution in [2.24, 2.45) is 0 Å². The van der Waals surface area contributed by atoms with Crippen molar-refractivity contribution in [2.75, 3.05) is 31.2 Å². The van der Waals surface area contributed by atoms with Crippen molar-refractivity contribution in [1.29, 1.82) is 0 Å². The molecule has 33 heavy (non-hydrogen) atoms. The van der Waals surface area contributed by atoms with Crippen LogP contribution in [0, 0.1) is 5.82 Å². The molecule has 2 aromatic carbocycles. The van der Waals surface area contributed by atoms with Crippen molar-refractivity contribution >= 4 is 22.8 Å². The maximum atomic E-state index is 14.7. The van der Waals surface area contributed by atoms with Crippen LogP contribution in [0.2, 0.25) is 0 Å². The second-order valence-corrected chi connectivity index (χ2v) is 9.15. The molecule has 2 unspecified atom stereocenters. The van der Waals surface area contributed by atoms with E-state index in [0.29, 0.717) is 55.1 Å². The van der Waals surface area contributed by atoms with Gasteiger partial charge in [0.1, 0.15) is 5.82 Å². The summed E-state index contributed by atoms with van der Waals surface area (Å²) >= 11 is 0. The smallest absolute Gasteiger partial charge is 0.335 e. The minimum Gasteiger partial charge on any atom is -0.478 e. The van der Waals surface area contributed by atoms with Crippen LogP contribution in [0.15, 0.2) is 41.2 Å². The fourth-order valence-corrected chi connectivity index (χ4v) is 5.11. The number of carbonyl (C=O) groups is 1. The van der Waals surface area contributed by atoms with E-state index < -0.39 is 11.8 Å². The number of aromatic nitrogens is 2. The van der Waals surface area contributed by atoms with Crippen LogP contribution in [-0.4, -0.2) is 46.9 Å². The lowest BCUT2D eigenvalue weighted by Gasteiger charge is -2.30. The van der Waals surface area contributed by atoms with Gasteiger partial charge in [0.15, 0.2) is 0 Å². The standard InChI is InChI=1S/C25H24FN3O4/c26-14-11-20(19-13-18(19)16-3-1-2-4-17(16)24(31)32)22-21(12-14)23(30)29(15-5-6-15)25(27-22)28-7-9-33-10-8-28/h1-4,11-12,15,18-19H,5-10,13H2,(H,31,32). The predicted octanol–water partition coefficient (Wildman–Crippen LogP) is 3.68. The highest BCUT2D eigenvalue weighted by Gasteiger charge is 2.43. The van der Waals surface area contributed by atoms with Gasteiger partial charge in [-0.1, -0.05) is 18.2 Å². The van der Waals surface area contributed by atoms with Gasteiger partial charge in [0, 0.05) is 19.1 Å². The number of hydrogen-bond donors (Lipinski definition) is 1. The van der Waals surface area contributed by atoms with E-state index in [0.717, 1.165) is 18.4 Å². The van der Waals surface area contributed by atoms with Gasteiger partial charge in [-0.2, -0.15) is 0 Å². The molecule has 3 aliphatic rings. The zero-order valence-electron chi connectivity index (χ0n) is 18.0. The molecule has 3 fully saturated rings. The highest BCUT2D eigenvalue weighted by atomic mass is 19.1. The summed E-state index contributed by atoms with van der Waals surface area (Å²) in [4.78, 5) is 32.3. The van der Waals surface area contributed by atoms with Gasteiger partial charge in [-0.05, 0) is 60.4 Å². The van der Waals surface area contributed by atoms with Crippen molar-refractivity contribution in [2.45, 2.75) is 37.1 Å². The maximum Gasteiger partial charge on any atom is 0.335 e. The Hall–Kier alpha value is -3.26. The van der Waals surface area contributed by atoms with Gasteiger partial charge in [-0.15, -0.1) is 0 Å². The number of hydrogen-bond acceptors (Lipinski definition) is 5. The Morgan fingerprint density at radius 1 is 1.09 bits per heavy atom.